The van der Waals surface area contributed by atoms with E-state index in [0.717, 1.165) is 4.57 Å². The number of benzene rings is 1. The number of hydrogen-bond acceptors (Lipinski definition) is 9. The minimum absolute atomic E-state index is 0.0964. The summed E-state index contributed by atoms with van der Waals surface area (Å²) in [6.45, 7) is 5.19. The maximum absolute atomic E-state index is 14.4. The number of aromatic hydroxyl groups is 1. The summed E-state index contributed by atoms with van der Waals surface area (Å²) in [5, 5.41) is 26.2. The monoisotopic (exact) mass is 503 g/mol. The lowest BCUT2D eigenvalue weighted by molar-refractivity contribution is 0.101. The zero-order valence-electron chi connectivity index (χ0n) is 20.4. The Bertz CT molecular complexity index is 1590. The van der Waals surface area contributed by atoms with E-state index in [1.807, 2.05) is 0 Å². The summed E-state index contributed by atoms with van der Waals surface area (Å²) in [6.07, 6.45) is 3.99. The first-order valence-electron chi connectivity index (χ1n) is 11.1. The van der Waals surface area contributed by atoms with Crippen molar-refractivity contribution in [3.05, 3.63) is 92.8 Å². The van der Waals surface area contributed by atoms with E-state index in [2.05, 4.69) is 36.0 Å². The number of rotatable bonds is 6. The van der Waals surface area contributed by atoms with Crippen molar-refractivity contribution >= 4 is 11.6 Å². The molecule has 0 fully saturated rings. The van der Waals surface area contributed by atoms with Crippen LogP contribution in [0.5, 0.6) is 5.75 Å². The van der Waals surface area contributed by atoms with Gasteiger partial charge in [0.15, 0.2) is 5.69 Å². The van der Waals surface area contributed by atoms with Crippen LogP contribution in [0.15, 0.2) is 46.2 Å². The average Bonchev–Trinajstić information content (AvgIpc) is 3.38. The summed E-state index contributed by atoms with van der Waals surface area (Å²) >= 11 is 0. The molecule has 12 heteroatoms. The molecule has 2 atom stereocenters. The van der Waals surface area contributed by atoms with Crippen LogP contribution < -0.4 is 10.9 Å². The van der Waals surface area contributed by atoms with E-state index in [1.54, 1.807) is 27.0 Å². The largest absolute Gasteiger partial charge is 0.501 e. The van der Waals surface area contributed by atoms with Crippen LogP contribution in [0.2, 0.25) is 0 Å². The molecule has 188 valence electrons. The highest BCUT2D eigenvalue weighted by Crippen LogP contribution is 2.39. The molecular formula is C25H22FN7O4. The Balaban J connectivity index is 1.93. The number of carbonyl (C=O) groups is 1. The van der Waals surface area contributed by atoms with E-state index in [9.17, 15) is 24.3 Å². The minimum Gasteiger partial charge on any atom is -0.501 e. The highest BCUT2D eigenvalue weighted by Gasteiger charge is 2.33. The van der Waals surface area contributed by atoms with Crippen LogP contribution in [0, 0.1) is 31.0 Å². The molecule has 2 N–H and O–H groups in total. The molecule has 1 aromatic carbocycles. The van der Waals surface area contributed by atoms with Gasteiger partial charge in [0.25, 0.3) is 11.5 Å². The van der Waals surface area contributed by atoms with Gasteiger partial charge >= 0.3 is 0 Å². The highest BCUT2D eigenvalue weighted by molar-refractivity contribution is 6.04. The summed E-state index contributed by atoms with van der Waals surface area (Å²) in [5.74, 6) is -3.69. The zero-order valence-corrected chi connectivity index (χ0v) is 20.4. The number of nitrogens with one attached hydrogen (secondary N) is 1. The van der Waals surface area contributed by atoms with Gasteiger partial charge in [-0.3, -0.25) is 24.1 Å². The second kappa shape index (κ2) is 9.98. The van der Waals surface area contributed by atoms with Gasteiger partial charge in [0.05, 0.1) is 34.9 Å². The van der Waals surface area contributed by atoms with Gasteiger partial charge in [-0.15, -0.1) is 0 Å². The molecule has 37 heavy (non-hydrogen) atoms. The van der Waals surface area contributed by atoms with Crippen LogP contribution >= 0.6 is 0 Å². The second-order valence-electron chi connectivity index (χ2n) is 8.49. The normalized spacial score (nSPS) is 12.5. The Kier molecular flexibility index (Phi) is 6.79. The van der Waals surface area contributed by atoms with Crippen molar-refractivity contribution in [1.82, 2.24) is 24.7 Å². The third-order valence-electron chi connectivity index (χ3n) is 5.99. The fraction of sp³-hybridized carbons (Fsp3) is 0.240. The van der Waals surface area contributed by atoms with Gasteiger partial charge < -0.3 is 14.9 Å². The number of nitriles is 1. The molecule has 0 aliphatic carbocycles. The van der Waals surface area contributed by atoms with Gasteiger partial charge in [0.2, 0.25) is 5.75 Å². The zero-order chi connectivity index (χ0) is 26.9. The first kappa shape index (κ1) is 25.2. The molecule has 0 aliphatic rings. The number of hydrogen-bond donors (Lipinski definition) is 2. The molecule has 0 saturated carbocycles. The van der Waals surface area contributed by atoms with Crippen LogP contribution in [0.1, 0.15) is 63.3 Å². The lowest BCUT2D eigenvalue weighted by Crippen LogP contribution is -2.30. The second-order valence-corrected chi connectivity index (χ2v) is 8.49. The third kappa shape index (κ3) is 4.79. The van der Waals surface area contributed by atoms with Crippen molar-refractivity contribution in [2.75, 3.05) is 5.32 Å². The lowest BCUT2D eigenvalue weighted by atomic mass is 9.80. The average molecular weight is 503 g/mol. The maximum Gasteiger partial charge on any atom is 0.296 e. The first-order chi connectivity index (χ1) is 17.6. The van der Waals surface area contributed by atoms with Gasteiger partial charge in [0.1, 0.15) is 23.6 Å². The molecule has 4 rings (SSSR count). The summed E-state index contributed by atoms with van der Waals surface area (Å²) in [4.78, 5) is 39.1. The van der Waals surface area contributed by atoms with Crippen LogP contribution in [0.3, 0.4) is 0 Å². The minimum atomic E-state index is -0.863. The molecule has 4 aromatic rings. The standard InChI is InChI=1S/C25H22FN7O4/c1-12-9-28-14(3)20(30-12)19(18-7-16(26)6-5-15(18)8-27)13(2)23-32-21(22(34)25(36)33(23)4)24(35)31-17-10-29-37-11-17/h5-7,9-11,13,19,34H,1-4H3,(H,31,35)/t13-,19+/m1/s1. The van der Waals surface area contributed by atoms with Crippen molar-refractivity contribution in [2.45, 2.75) is 32.6 Å². The molecule has 0 unspecified atom stereocenters. The van der Waals surface area contributed by atoms with Crippen LogP contribution in [-0.2, 0) is 7.05 Å². The molecule has 1 amide bonds. The van der Waals surface area contributed by atoms with Crippen molar-refractivity contribution < 1.29 is 18.8 Å². The van der Waals surface area contributed by atoms with Crippen molar-refractivity contribution in [3.63, 3.8) is 0 Å². The lowest BCUT2D eigenvalue weighted by Gasteiger charge is -2.27. The van der Waals surface area contributed by atoms with Crippen LogP contribution in [-0.4, -0.2) is 35.7 Å². The molecular weight excluding hydrogens is 481 g/mol. The Hall–Kier alpha value is -4.92. The number of halogens is 1. The molecule has 11 nitrogen and oxygen atoms in total. The number of aromatic nitrogens is 5. The SMILES string of the molecule is Cc1cnc(C)c([C@H](c2cc(F)ccc2C#N)[C@@H](C)c2nc(C(=O)Nc3cnoc3)c(O)c(=O)n2C)n1. The number of anilines is 1. The van der Waals surface area contributed by atoms with Crippen molar-refractivity contribution in [2.24, 2.45) is 7.05 Å². The van der Waals surface area contributed by atoms with Gasteiger partial charge in [-0.05, 0) is 37.6 Å². The fourth-order valence-corrected chi connectivity index (χ4v) is 4.18. The molecule has 3 heterocycles. The number of aryl methyl sites for hydroxylation is 2. The molecule has 0 spiro atoms. The van der Waals surface area contributed by atoms with Gasteiger partial charge in [0, 0.05) is 25.1 Å². The Morgan fingerprint density at radius 1 is 1.27 bits per heavy atom. The van der Waals surface area contributed by atoms with E-state index < -0.39 is 40.6 Å². The van der Waals surface area contributed by atoms with Crippen LogP contribution in [0.25, 0.3) is 0 Å². The molecule has 0 saturated heterocycles. The third-order valence-corrected chi connectivity index (χ3v) is 5.99. The van der Waals surface area contributed by atoms with E-state index in [4.69, 9.17) is 0 Å². The van der Waals surface area contributed by atoms with Crippen molar-refractivity contribution in [3.8, 4) is 11.8 Å². The summed E-state index contributed by atoms with van der Waals surface area (Å²) < 4.78 is 20.2. The summed E-state index contributed by atoms with van der Waals surface area (Å²) in [7, 11) is 1.39. The van der Waals surface area contributed by atoms with E-state index in [0.29, 0.717) is 22.6 Å². The predicted octanol–water partition coefficient (Wildman–Crippen LogP) is 3.08. The predicted molar refractivity (Wildman–Crippen MR) is 128 cm³/mol. The summed E-state index contributed by atoms with van der Waals surface area (Å²) in [6, 6.07) is 5.86. The maximum atomic E-state index is 14.4. The summed E-state index contributed by atoms with van der Waals surface area (Å²) in [5.41, 5.74) is 0.912. The molecule has 0 aliphatic heterocycles. The van der Waals surface area contributed by atoms with Crippen LogP contribution in [0.4, 0.5) is 10.1 Å². The first-order valence-corrected chi connectivity index (χ1v) is 11.1. The quantitative estimate of drug-likeness (QED) is 0.403. The topological polar surface area (TPSA) is 160 Å². The molecule has 0 radical (unpaired) electrons. The molecule has 0 bridgehead atoms. The highest BCUT2D eigenvalue weighted by atomic mass is 19.1. The Morgan fingerprint density at radius 2 is 2.03 bits per heavy atom. The number of carbonyl (C=O) groups excluding carboxylic acids is 1. The van der Waals surface area contributed by atoms with Gasteiger partial charge in [-0.25, -0.2) is 9.37 Å². The number of nitrogens with zero attached hydrogens (tertiary/aromatic N) is 6. The molecule has 3 aromatic heterocycles. The Labute approximate surface area is 210 Å². The van der Waals surface area contributed by atoms with E-state index in [-0.39, 0.29) is 17.1 Å². The number of amides is 1. The van der Waals surface area contributed by atoms with Crippen molar-refractivity contribution in [1.29, 1.82) is 5.26 Å². The smallest absolute Gasteiger partial charge is 0.296 e. The Morgan fingerprint density at radius 3 is 2.70 bits per heavy atom. The van der Waals surface area contributed by atoms with Gasteiger partial charge in [-0.2, -0.15) is 5.26 Å². The van der Waals surface area contributed by atoms with E-state index >= 15 is 0 Å². The van der Waals surface area contributed by atoms with E-state index in [1.165, 1.54) is 37.7 Å². The fourth-order valence-electron chi connectivity index (χ4n) is 4.18. The van der Waals surface area contributed by atoms with Gasteiger partial charge in [-0.1, -0.05) is 12.1 Å².